The normalized spacial score (nSPS) is 25.2. The lowest BCUT2D eigenvalue weighted by Crippen LogP contribution is -2.44. The minimum Gasteiger partial charge on any atom is -0.497 e. The van der Waals surface area contributed by atoms with Crippen molar-refractivity contribution in [2.75, 3.05) is 66.1 Å². The van der Waals surface area contributed by atoms with Crippen LogP contribution in [0.3, 0.4) is 0 Å². The second-order valence-corrected chi connectivity index (χ2v) is 8.37. The average molecular weight is 402 g/mol. The number of carbonyl (C=O) groups excluding carboxylic acids is 2. The molecule has 4 rings (SSSR count). The number of rotatable bonds is 6. The van der Waals surface area contributed by atoms with Gasteiger partial charge in [0.1, 0.15) is 5.75 Å². The highest BCUT2D eigenvalue weighted by molar-refractivity contribution is 5.87. The van der Waals surface area contributed by atoms with Crippen LogP contribution < -0.4 is 4.74 Å². The predicted octanol–water partition coefficient (Wildman–Crippen LogP) is 1.02. The fraction of sp³-hybridized carbons (Fsp3) is 0.636. The minimum atomic E-state index is -0.366. The summed E-state index contributed by atoms with van der Waals surface area (Å²) in [5.41, 5.74) is 0.579. The van der Waals surface area contributed by atoms with Crippen molar-refractivity contribution in [1.29, 1.82) is 0 Å². The molecule has 1 atom stereocenters. The van der Waals surface area contributed by atoms with Crippen molar-refractivity contribution in [3.63, 3.8) is 0 Å². The molecule has 0 radical (unpaired) electrons. The Bertz CT molecular complexity index is 749. The number of carbonyl (C=O) groups is 2. The largest absolute Gasteiger partial charge is 0.497 e. The number of morpholine rings is 1. The van der Waals surface area contributed by atoms with Crippen molar-refractivity contribution in [3.05, 3.63) is 29.8 Å². The van der Waals surface area contributed by atoms with Gasteiger partial charge in [0, 0.05) is 45.8 Å². The molecule has 158 valence electrons. The Labute approximate surface area is 172 Å². The number of nitrogens with zero attached hydrogens (tertiary/aromatic N) is 3. The van der Waals surface area contributed by atoms with Crippen molar-refractivity contribution < 1.29 is 19.1 Å². The van der Waals surface area contributed by atoms with E-state index in [1.165, 1.54) is 0 Å². The number of amides is 2. The summed E-state index contributed by atoms with van der Waals surface area (Å²) in [7, 11) is 1.63. The quantitative estimate of drug-likeness (QED) is 0.712. The van der Waals surface area contributed by atoms with Gasteiger partial charge in [0.05, 0.1) is 32.2 Å². The van der Waals surface area contributed by atoms with Crippen LogP contribution in [-0.2, 0) is 20.7 Å². The Kier molecular flexibility index (Phi) is 6.06. The molecular weight excluding hydrogens is 370 g/mol. The fourth-order valence-corrected chi connectivity index (χ4v) is 4.73. The molecule has 2 amide bonds. The molecule has 3 fully saturated rings. The number of hydrogen-bond donors (Lipinski definition) is 0. The van der Waals surface area contributed by atoms with Gasteiger partial charge in [-0.2, -0.15) is 0 Å². The summed E-state index contributed by atoms with van der Waals surface area (Å²) in [5.74, 6) is 1.09. The van der Waals surface area contributed by atoms with Crippen molar-refractivity contribution in [3.8, 4) is 5.75 Å². The highest BCUT2D eigenvalue weighted by atomic mass is 16.5. The summed E-state index contributed by atoms with van der Waals surface area (Å²) in [6.45, 7) is 7.17. The first-order valence-electron chi connectivity index (χ1n) is 10.6. The van der Waals surface area contributed by atoms with Crippen molar-refractivity contribution >= 4 is 11.8 Å². The smallest absolute Gasteiger partial charge is 0.230 e. The van der Waals surface area contributed by atoms with Crippen LogP contribution in [0.25, 0.3) is 0 Å². The van der Waals surface area contributed by atoms with Gasteiger partial charge >= 0.3 is 0 Å². The van der Waals surface area contributed by atoms with Crippen LogP contribution >= 0.6 is 0 Å². The molecule has 1 aromatic rings. The Morgan fingerprint density at radius 3 is 2.72 bits per heavy atom. The average Bonchev–Trinajstić information content (AvgIpc) is 3.32. The molecule has 3 saturated heterocycles. The van der Waals surface area contributed by atoms with Crippen molar-refractivity contribution in [2.24, 2.45) is 5.41 Å². The van der Waals surface area contributed by atoms with Crippen LogP contribution in [0, 0.1) is 5.41 Å². The van der Waals surface area contributed by atoms with E-state index >= 15 is 0 Å². The lowest BCUT2D eigenvalue weighted by Gasteiger charge is -2.29. The molecule has 0 aliphatic carbocycles. The monoisotopic (exact) mass is 401 g/mol. The van der Waals surface area contributed by atoms with Crippen LogP contribution in [0.4, 0.5) is 0 Å². The first-order chi connectivity index (χ1) is 14.1. The first kappa shape index (κ1) is 20.2. The van der Waals surface area contributed by atoms with Crippen molar-refractivity contribution in [1.82, 2.24) is 14.7 Å². The molecule has 0 aromatic heterocycles. The Hall–Kier alpha value is -2.12. The Balaban J connectivity index is 1.31. The molecule has 3 aliphatic rings. The Morgan fingerprint density at radius 1 is 1.14 bits per heavy atom. The molecular formula is C22H31N3O4. The molecule has 1 unspecified atom stereocenters. The third-order valence-electron chi connectivity index (χ3n) is 6.59. The lowest BCUT2D eigenvalue weighted by molar-refractivity contribution is -0.136. The number of hydrogen-bond acceptors (Lipinski definition) is 5. The van der Waals surface area contributed by atoms with Gasteiger partial charge in [-0.15, -0.1) is 0 Å². The summed E-state index contributed by atoms with van der Waals surface area (Å²) in [6, 6.07) is 7.62. The summed E-state index contributed by atoms with van der Waals surface area (Å²) >= 11 is 0. The lowest BCUT2D eigenvalue weighted by atomic mass is 9.85. The Morgan fingerprint density at radius 2 is 1.93 bits per heavy atom. The topological polar surface area (TPSA) is 62.3 Å². The van der Waals surface area contributed by atoms with Gasteiger partial charge in [0.25, 0.3) is 0 Å². The van der Waals surface area contributed by atoms with E-state index in [2.05, 4.69) is 4.90 Å². The highest BCUT2D eigenvalue weighted by Crippen LogP contribution is 2.40. The van der Waals surface area contributed by atoms with E-state index in [-0.39, 0.29) is 17.2 Å². The highest BCUT2D eigenvalue weighted by Gasteiger charge is 2.51. The van der Waals surface area contributed by atoms with E-state index in [4.69, 9.17) is 9.47 Å². The SMILES string of the molecule is COc1cccc(CC(=O)N2CCC3(CCN(CCN4CCOCC4)C3=O)C2)c1. The summed E-state index contributed by atoms with van der Waals surface area (Å²) in [5, 5.41) is 0. The zero-order valence-corrected chi connectivity index (χ0v) is 17.3. The molecule has 7 nitrogen and oxygen atoms in total. The van der Waals surface area contributed by atoms with Crippen LogP contribution in [-0.4, -0.2) is 92.7 Å². The van der Waals surface area contributed by atoms with Crippen LogP contribution in [0.2, 0.25) is 0 Å². The molecule has 3 heterocycles. The standard InChI is InChI=1S/C22H31N3O4/c1-28-19-4-2-3-18(15-19)16-20(26)25-8-6-22(17-25)5-7-24(21(22)27)10-9-23-11-13-29-14-12-23/h2-4,15H,5-14,16-17H2,1H3. The number of ether oxygens (including phenoxy) is 2. The summed E-state index contributed by atoms with van der Waals surface area (Å²) in [6.07, 6.45) is 1.99. The zero-order chi connectivity index (χ0) is 20.3. The van der Waals surface area contributed by atoms with E-state index in [1.807, 2.05) is 34.1 Å². The maximum Gasteiger partial charge on any atom is 0.230 e. The summed E-state index contributed by atoms with van der Waals surface area (Å²) in [4.78, 5) is 32.2. The molecule has 29 heavy (non-hydrogen) atoms. The van der Waals surface area contributed by atoms with E-state index in [0.717, 1.165) is 70.1 Å². The molecule has 7 heteroatoms. The van der Waals surface area contributed by atoms with Gasteiger partial charge < -0.3 is 19.3 Å². The summed E-state index contributed by atoms with van der Waals surface area (Å²) < 4.78 is 10.6. The van der Waals surface area contributed by atoms with Gasteiger partial charge in [-0.3, -0.25) is 14.5 Å². The third-order valence-corrected chi connectivity index (χ3v) is 6.59. The maximum absolute atomic E-state index is 13.1. The predicted molar refractivity (Wildman–Crippen MR) is 109 cm³/mol. The first-order valence-corrected chi connectivity index (χ1v) is 10.6. The molecule has 1 aromatic carbocycles. The van der Waals surface area contributed by atoms with Crippen LogP contribution in [0.5, 0.6) is 5.75 Å². The minimum absolute atomic E-state index is 0.0923. The molecule has 0 saturated carbocycles. The third kappa shape index (κ3) is 4.41. The second kappa shape index (κ2) is 8.71. The molecule has 0 bridgehead atoms. The number of likely N-dealkylation sites (tertiary alicyclic amines) is 2. The fourth-order valence-electron chi connectivity index (χ4n) is 4.73. The van der Waals surface area contributed by atoms with Gasteiger partial charge in [0.2, 0.25) is 11.8 Å². The molecule has 1 spiro atoms. The van der Waals surface area contributed by atoms with Crippen molar-refractivity contribution in [2.45, 2.75) is 19.3 Å². The number of benzene rings is 1. The van der Waals surface area contributed by atoms with Crippen LogP contribution in [0.1, 0.15) is 18.4 Å². The number of methoxy groups -OCH3 is 1. The van der Waals surface area contributed by atoms with E-state index < -0.39 is 0 Å². The molecule has 0 N–H and O–H groups in total. The van der Waals surface area contributed by atoms with Gasteiger partial charge in [-0.05, 0) is 30.5 Å². The van der Waals surface area contributed by atoms with Gasteiger partial charge in [0.15, 0.2) is 0 Å². The van der Waals surface area contributed by atoms with E-state index in [1.54, 1.807) is 7.11 Å². The second-order valence-electron chi connectivity index (χ2n) is 8.37. The molecule has 3 aliphatic heterocycles. The maximum atomic E-state index is 13.1. The van der Waals surface area contributed by atoms with Gasteiger partial charge in [-0.1, -0.05) is 12.1 Å². The van der Waals surface area contributed by atoms with E-state index in [0.29, 0.717) is 19.5 Å². The van der Waals surface area contributed by atoms with E-state index in [9.17, 15) is 9.59 Å². The van der Waals surface area contributed by atoms with Gasteiger partial charge in [-0.25, -0.2) is 0 Å². The zero-order valence-electron chi connectivity index (χ0n) is 17.3. The van der Waals surface area contributed by atoms with Crippen LogP contribution in [0.15, 0.2) is 24.3 Å².